The van der Waals surface area contributed by atoms with Crippen molar-refractivity contribution in [2.45, 2.75) is 13.3 Å². The Balaban J connectivity index is 1.81. The summed E-state index contributed by atoms with van der Waals surface area (Å²) in [6.07, 6.45) is 0.980. The van der Waals surface area contributed by atoms with Crippen molar-refractivity contribution in [3.63, 3.8) is 0 Å². The van der Waals surface area contributed by atoms with Crippen molar-refractivity contribution in [1.82, 2.24) is 10.2 Å². The van der Waals surface area contributed by atoms with E-state index >= 15 is 0 Å². The van der Waals surface area contributed by atoms with Gasteiger partial charge in [-0.15, -0.1) is 0 Å². The number of hydrogen-bond acceptors (Lipinski definition) is 4. The van der Waals surface area contributed by atoms with E-state index in [4.69, 9.17) is 4.74 Å². The van der Waals surface area contributed by atoms with Crippen LogP contribution in [0.4, 0.5) is 0 Å². The van der Waals surface area contributed by atoms with E-state index in [0.717, 1.165) is 37.8 Å². The van der Waals surface area contributed by atoms with Crippen LogP contribution in [-0.2, 0) is 6.42 Å². The lowest BCUT2D eigenvalue weighted by Gasteiger charge is -2.15. The molecule has 0 unspecified atom stereocenters. The molecule has 0 saturated heterocycles. The minimum atomic E-state index is 0.712. The van der Waals surface area contributed by atoms with Crippen LogP contribution in [0.2, 0.25) is 0 Å². The summed E-state index contributed by atoms with van der Waals surface area (Å²) in [5.74, 6) is 1.96. The summed E-state index contributed by atoms with van der Waals surface area (Å²) in [4.78, 5) is 6.55. The van der Waals surface area contributed by atoms with Gasteiger partial charge in [-0.1, -0.05) is 12.1 Å². The summed E-state index contributed by atoms with van der Waals surface area (Å²) in [5.41, 5.74) is 1.29. The first-order chi connectivity index (χ1) is 8.79. The molecule has 18 heavy (non-hydrogen) atoms. The molecule has 0 amide bonds. The zero-order chi connectivity index (χ0) is 12.8. The molecule has 1 aliphatic heterocycles. The number of hydrogen-bond donors (Lipinski definition) is 1. The Morgan fingerprint density at radius 3 is 3.06 bits per heavy atom. The number of nitrogens with one attached hydrogen (secondary N) is 1. The van der Waals surface area contributed by atoms with E-state index < -0.39 is 0 Å². The fourth-order valence-corrected chi connectivity index (χ4v) is 2.00. The number of benzene rings is 1. The van der Waals surface area contributed by atoms with Gasteiger partial charge >= 0.3 is 0 Å². The topological polar surface area (TPSA) is 36.9 Å². The third-order valence-electron chi connectivity index (χ3n) is 2.96. The summed E-state index contributed by atoms with van der Waals surface area (Å²) < 4.78 is 5.49. The third kappa shape index (κ3) is 3.39. The molecule has 1 aromatic rings. The predicted octanol–water partition coefficient (Wildman–Crippen LogP) is 1.52. The van der Waals surface area contributed by atoms with Crippen LogP contribution >= 0.6 is 0 Å². The number of guanidine groups is 1. The summed E-state index contributed by atoms with van der Waals surface area (Å²) >= 11 is 0. The van der Waals surface area contributed by atoms with Gasteiger partial charge in [0.05, 0.1) is 13.2 Å². The van der Waals surface area contributed by atoms with Crippen molar-refractivity contribution < 1.29 is 4.74 Å². The molecule has 0 spiro atoms. The molecule has 4 heteroatoms. The first kappa shape index (κ1) is 12.7. The van der Waals surface area contributed by atoms with Crippen LogP contribution in [0.25, 0.3) is 0 Å². The van der Waals surface area contributed by atoms with Crippen LogP contribution < -0.4 is 10.1 Å². The minimum Gasteiger partial charge on any atom is -0.494 e. The fourth-order valence-electron chi connectivity index (χ4n) is 2.00. The van der Waals surface area contributed by atoms with Gasteiger partial charge in [0, 0.05) is 20.1 Å². The highest BCUT2D eigenvalue weighted by atomic mass is 16.5. The number of aliphatic imine (C=N–C) groups is 1. The van der Waals surface area contributed by atoms with Gasteiger partial charge in [0.1, 0.15) is 5.75 Å². The van der Waals surface area contributed by atoms with Crippen molar-refractivity contribution in [1.29, 1.82) is 0 Å². The van der Waals surface area contributed by atoms with Gasteiger partial charge in [-0.2, -0.15) is 0 Å². The monoisotopic (exact) mass is 247 g/mol. The zero-order valence-electron chi connectivity index (χ0n) is 11.1. The molecular weight excluding hydrogens is 226 g/mol. The second-order valence-electron chi connectivity index (χ2n) is 4.38. The number of likely N-dealkylation sites (N-methyl/N-ethyl adjacent to an activating group) is 1. The molecule has 0 atom stereocenters. The van der Waals surface area contributed by atoms with Gasteiger partial charge in [0.25, 0.3) is 0 Å². The second-order valence-corrected chi connectivity index (χ2v) is 4.38. The molecule has 0 bridgehead atoms. The molecule has 4 nitrogen and oxygen atoms in total. The Morgan fingerprint density at radius 2 is 2.33 bits per heavy atom. The largest absolute Gasteiger partial charge is 0.494 e. The van der Waals surface area contributed by atoms with Gasteiger partial charge < -0.3 is 15.0 Å². The van der Waals surface area contributed by atoms with Gasteiger partial charge in [0.2, 0.25) is 0 Å². The van der Waals surface area contributed by atoms with Crippen LogP contribution in [0, 0.1) is 0 Å². The van der Waals surface area contributed by atoms with E-state index in [9.17, 15) is 0 Å². The van der Waals surface area contributed by atoms with E-state index in [1.165, 1.54) is 5.56 Å². The number of ether oxygens (including phenoxy) is 1. The van der Waals surface area contributed by atoms with Gasteiger partial charge in [-0.3, -0.25) is 4.99 Å². The van der Waals surface area contributed by atoms with Gasteiger partial charge in [0.15, 0.2) is 5.96 Å². The molecule has 1 heterocycles. The summed E-state index contributed by atoms with van der Waals surface area (Å²) in [7, 11) is 2.06. The Hall–Kier alpha value is -1.71. The molecule has 0 radical (unpaired) electrons. The fraction of sp³-hybridized carbons (Fsp3) is 0.500. The lowest BCUT2D eigenvalue weighted by atomic mass is 10.1. The molecule has 98 valence electrons. The molecule has 0 saturated carbocycles. The van der Waals surface area contributed by atoms with E-state index in [1.807, 2.05) is 19.1 Å². The van der Waals surface area contributed by atoms with Crippen LogP contribution in [-0.4, -0.2) is 44.1 Å². The highest BCUT2D eigenvalue weighted by molar-refractivity contribution is 5.81. The predicted molar refractivity (Wildman–Crippen MR) is 74.2 cm³/mol. The average molecular weight is 247 g/mol. The SMILES string of the molecule is CCOc1cccc(CCNC2=NCCN2C)c1. The standard InChI is InChI=1S/C14H21N3O/c1-3-18-13-6-4-5-12(11-13)7-8-15-14-16-9-10-17(14)2/h4-6,11H,3,7-10H2,1-2H3,(H,15,16). The Labute approximate surface area is 109 Å². The van der Waals surface area contributed by atoms with Crippen LogP contribution in [0.15, 0.2) is 29.3 Å². The molecule has 0 fully saturated rings. The Kier molecular flexibility index (Phi) is 4.45. The number of rotatable bonds is 5. The molecule has 1 aliphatic rings. The van der Waals surface area contributed by atoms with Gasteiger partial charge in [-0.05, 0) is 31.0 Å². The van der Waals surface area contributed by atoms with E-state index in [-0.39, 0.29) is 0 Å². The van der Waals surface area contributed by atoms with Gasteiger partial charge in [-0.25, -0.2) is 0 Å². The summed E-state index contributed by atoms with van der Waals surface area (Å²) in [6.45, 7) is 5.53. The maximum atomic E-state index is 5.49. The van der Waals surface area contributed by atoms with E-state index in [1.54, 1.807) is 0 Å². The number of nitrogens with zero attached hydrogens (tertiary/aromatic N) is 2. The molecule has 0 aliphatic carbocycles. The summed E-state index contributed by atoms with van der Waals surface area (Å²) in [5, 5.41) is 3.37. The quantitative estimate of drug-likeness (QED) is 0.857. The lowest BCUT2D eigenvalue weighted by molar-refractivity contribution is 0.340. The van der Waals surface area contributed by atoms with Crippen molar-refractivity contribution in [3.8, 4) is 5.75 Å². The lowest BCUT2D eigenvalue weighted by Crippen LogP contribution is -2.36. The van der Waals surface area contributed by atoms with E-state index in [2.05, 4.69) is 34.4 Å². The van der Waals surface area contributed by atoms with Crippen molar-refractivity contribution >= 4 is 5.96 Å². The van der Waals surface area contributed by atoms with Crippen LogP contribution in [0.5, 0.6) is 5.75 Å². The molecule has 0 aromatic heterocycles. The summed E-state index contributed by atoms with van der Waals surface area (Å²) in [6, 6.07) is 8.27. The Morgan fingerprint density at radius 1 is 1.44 bits per heavy atom. The van der Waals surface area contributed by atoms with Crippen LogP contribution in [0.3, 0.4) is 0 Å². The third-order valence-corrected chi connectivity index (χ3v) is 2.96. The van der Waals surface area contributed by atoms with Crippen LogP contribution in [0.1, 0.15) is 12.5 Å². The first-order valence-electron chi connectivity index (χ1n) is 6.51. The maximum Gasteiger partial charge on any atom is 0.193 e. The average Bonchev–Trinajstić information content (AvgIpc) is 2.76. The molecule has 2 rings (SSSR count). The zero-order valence-corrected chi connectivity index (χ0v) is 11.1. The maximum absolute atomic E-state index is 5.49. The van der Waals surface area contributed by atoms with Crippen molar-refractivity contribution in [2.24, 2.45) is 4.99 Å². The molecule has 1 aromatic carbocycles. The normalized spacial score (nSPS) is 14.6. The highest BCUT2D eigenvalue weighted by Gasteiger charge is 2.10. The smallest absolute Gasteiger partial charge is 0.193 e. The van der Waals surface area contributed by atoms with Crippen molar-refractivity contribution in [2.75, 3.05) is 33.3 Å². The Bertz CT molecular complexity index is 417. The van der Waals surface area contributed by atoms with Crippen molar-refractivity contribution in [3.05, 3.63) is 29.8 Å². The molecule has 1 N–H and O–H groups in total. The first-order valence-corrected chi connectivity index (χ1v) is 6.51. The molecular formula is C14H21N3O. The highest BCUT2D eigenvalue weighted by Crippen LogP contribution is 2.13. The van der Waals surface area contributed by atoms with E-state index in [0.29, 0.717) is 6.61 Å². The minimum absolute atomic E-state index is 0.712. The second kappa shape index (κ2) is 6.28.